The van der Waals surface area contributed by atoms with E-state index in [9.17, 15) is 9.59 Å². The van der Waals surface area contributed by atoms with Crippen LogP contribution in [0.4, 0.5) is 0 Å². The molecule has 1 fully saturated rings. The lowest BCUT2D eigenvalue weighted by Crippen LogP contribution is -2.33. The van der Waals surface area contributed by atoms with Gasteiger partial charge >= 0.3 is 0 Å². The van der Waals surface area contributed by atoms with E-state index in [4.69, 9.17) is 14.2 Å². The van der Waals surface area contributed by atoms with Gasteiger partial charge < -0.3 is 23.7 Å². The summed E-state index contributed by atoms with van der Waals surface area (Å²) in [6.45, 7) is 3.66. The molecule has 0 radical (unpaired) electrons. The van der Waals surface area contributed by atoms with Crippen LogP contribution in [0, 0.1) is 0 Å². The number of rotatable bonds is 5. The van der Waals surface area contributed by atoms with E-state index in [1.54, 1.807) is 11.7 Å². The molecule has 1 aromatic heterocycles. The molecule has 1 amide bonds. The lowest BCUT2D eigenvalue weighted by molar-refractivity contribution is 0.0782. The van der Waals surface area contributed by atoms with Crippen LogP contribution in [-0.4, -0.2) is 62.0 Å². The Morgan fingerprint density at radius 3 is 2.75 bits per heavy atom. The Labute approximate surface area is 141 Å². The maximum absolute atomic E-state index is 13.1. The number of hydrogen-bond acceptors (Lipinski definition) is 5. The Bertz CT molecular complexity index is 649. The Balaban J connectivity index is 2.03. The average molecular weight is 336 g/mol. The van der Waals surface area contributed by atoms with Gasteiger partial charge in [-0.2, -0.15) is 0 Å². The lowest BCUT2D eigenvalue weighted by atomic mass is 10.1. The number of amides is 1. The highest BCUT2D eigenvalue weighted by Gasteiger charge is 2.28. The van der Waals surface area contributed by atoms with Crippen LogP contribution >= 0.6 is 0 Å². The van der Waals surface area contributed by atoms with Crippen LogP contribution in [0.2, 0.25) is 0 Å². The summed E-state index contributed by atoms with van der Waals surface area (Å²) in [4.78, 5) is 27.3. The second kappa shape index (κ2) is 7.81. The molecule has 3 heterocycles. The largest absolute Gasteiger partial charge is 0.490 e. The summed E-state index contributed by atoms with van der Waals surface area (Å²) in [6.07, 6.45) is 2.57. The molecule has 1 saturated heterocycles. The third-order valence-corrected chi connectivity index (χ3v) is 4.48. The van der Waals surface area contributed by atoms with E-state index in [1.165, 1.54) is 6.07 Å². The number of likely N-dealkylation sites (tertiary alicyclic amines) is 1. The number of hydrogen-bond donors (Lipinski definition) is 0. The van der Waals surface area contributed by atoms with Gasteiger partial charge in [-0.05, 0) is 12.8 Å². The molecule has 0 aliphatic carbocycles. The maximum Gasteiger partial charge on any atom is 0.259 e. The van der Waals surface area contributed by atoms with Gasteiger partial charge in [0.25, 0.3) is 11.5 Å². The fraction of sp³-hybridized carbons (Fsp3) is 0.647. The van der Waals surface area contributed by atoms with E-state index in [2.05, 4.69) is 0 Å². The number of pyridine rings is 1. The molecule has 3 rings (SSSR count). The van der Waals surface area contributed by atoms with E-state index in [0.29, 0.717) is 50.7 Å². The third-order valence-electron chi connectivity index (χ3n) is 4.48. The highest BCUT2D eigenvalue weighted by atomic mass is 16.5. The van der Waals surface area contributed by atoms with Crippen molar-refractivity contribution >= 4 is 5.91 Å². The highest BCUT2D eigenvalue weighted by molar-refractivity contribution is 5.98. The van der Waals surface area contributed by atoms with Crippen molar-refractivity contribution in [1.82, 2.24) is 9.47 Å². The molecular weight excluding hydrogens is 312 g/mol. The summed E-state index contributed by atoms with van der Waals surface area (Å²) in [5, 5.41) is 0. The van der Waals surface area contributed by atoms with Gasteiger partial charge in [-0.15, -0.1) is 0 Å². The molecule has 0 atom stereocenters. The van der Waals surface area contributed by atoms with Gasteiger partial charge in [0.1, 0.15) is 17.9 Å². The number of carbonyl (C=O) groups is 1. The summed E-state index contributed by atoms with van der Waals surface area (Å²) in [7, 11) is 1.59. The van der Waals surface area contributed by atoms with Gasteiger partial charge in [0, 0.05) is 44.9 Å². The number of fused-ring (bicyclic) bond motifs is 1. The van der Waals surface area contributed by atoms with E-state index < -0.39 is 0 Å². The molecule has 0 saturated carbocycles. The van der Waals surface area contributed by atoms with Crippen molar-refractivity contribution < 1.29 is 19.0 Å². The first-order valence-corrected chi connectivity index (χ1v) is 8.48. The minimum absolute atomic E-state index is 0.0504. The summed E-state index contributed by atoms with van der Waals surface area (Å²) >= 11 is 0. The molecular formula is C17H24N2O5. The van der Waals surface area contributed by atoms with Crippen molar-refractivity contribution in [2.45, 2.75) is 25.8 Å². The quantitative estimate of drug-likeness (QED) is 0.740. The van der Waals surface area contributed by atoms with Crippen LogP contribution in [0.3, 0.4) is 0 Å². The van der Waals surface area contributed by atoms with E-state index in [0.717, 1.165) is 31.6 Å². The molecule has 0 bridgehead atoms. The van der Waals surface area contributed by atoms with Crippen molar-refractivity contribution in [2.75, 3.05) is 46.6 Å². The summed E-state index contributed by atoms with van der Waals surface area (Å²) in [5.41, 5.74) is 1.09. The normalized spacial score (nSPS) is 17.5. The monoisotopic (exact) mass is 336 g/mol. The van der Waals surface area contributed by atoms with Crippen molar-refractivity contribution in [3.05, 3.63) is 27.7 Å². The molecule has 0 unspecified atom stereocenters. The second-order valence-corrected chi connectivity index (χ2v) is 6.02. The predicted molar refractivity (Wildman–Crippen MR) is 87.7 cm³/mol. The van der Waals surface area contributed by atoms with E-state index in [1.807, 2.05) is 4.90 Å². The summed E-state index contributed by atoms with van der Waals surface area (Å²) in [5.74, 6) is 0.313. The number of methoxy groups -OCH3 is 1. The van der Waals surface area contributed by atoms with Crippen molar-refractivity contribution in [2.24, 2.45) is 0 Å². The number of nitrogens with zero attached hydrogens (tertiary/aromatic N) is 2. The van der Waals surface area contributed by atoms with Gasteiger partial charge in [0.05, 0.1) is 19.8 Å². The predicted octanol–water partition coefficient (Wildman–Crippen LogP) is 0.682. The molecule has 0 aromatic carbocycles. The minimum Gasteiger partial charge on any atom is -0.490 e. The van der Waals surface area contributed by atoms with Crippen molar-refractivity contribution in [3.63, 3.8) is 0 Å². The van der Waals surface area contributed by atoms with Gasteiger partial charge in [-0.25, -0.2) is 0 Å². The highest BCUT2D eigenvalue weighted by Crippen LogP contribution is 2.26. The lowest BCUT2D eigenvalue weighted by Gasteiger charge is -2.22. The first-order valence-electron chi connectivity index (χ1n) is 8.48. The minimum atomic E-state index is -0.152. The topological polar surface area (TPSA) is 70.0 Å². The molecule has 1 aromatic rings. The standard InChI is InChI=1S/C17H24N2O5/c1-22-10-11-24-14-12-15(20)19-7-9-23-8-4-13(19)16(14)17(21)18-5-2-3-6-18/h12H,2-11H2,1H3. The number of carbonyl (C=O) groups excluding carboxylic acids is 1. The van der Waals surface area contributed by atoms with Crippen LogP contribution in [0.15, 0.2) is 10.9 Å². The Morgan fingerprint density at radius 2 is 2.00 bits per heavy atom. The SMILES string of the molecule is COCCOc1cc(=O)n2c(c1C(=O)N1CCCC1)CCOCC2. The Kier molecular flexibility index (Phi) is 5.52. The van der Waals surface area contributed by atoms with Crippen molar-refractivity contribution in [1.29, 1.82) is 0 Å². The molecule has 2 aliphatic rings. The van der Waals surface area contributed by atoms with Crippen LogP contribution in [0.5, 0.6) is 5.75 Å². The zero-order chi connectivity index (χ0) is 16.9. The molecule has 7 nitrogen and oxygen atoms in total. The Morgan fingerprint density at radius 1 is 1.21 bits per heavy atom. The molecule has 24 heavy (non-hydrogen) atoms. The molecule has 0 spiro atoms. The smallest absolute Gasteiger partial charge is 0.259 e. The van der Waals surface area contributed by atoms with Crippen LogP contribution in [-0.2, 0) is 22.4 Å². The van der Waals surface area contributed by atoms with Crippen LogP contribution in [0.1, 0.15) is 28.9 Å². The van der Waals surface area contributed by atoms with Gasteiger partial charge in [-0.3, -0.25) is 9.59 Å². The van der Waals surface area contributed by atoms with Gasteiger partial charge in [0.15, 0.2) is 0 Å². The summed E-state index contributed by atoms with van der Waals surface area (Å²) < 4.78 is 17.9. The van der Waals surface area contributed by atoms with Gasteiger partial charge in [-0.1, -0.05) is 0 Å². The first kappa shape index (κ1) is 17.0. The van der Waals surface area contributed by atoms with Crippen molar-refractivity contribution in [3.8, 4) is 5.75 Å². The fourth-order valence-electron chi connectivity index (χ4n) is 3.26. The summed E-state index contributed by atoms with van der Waals surface area (Å²) in [6, 6.07) is 1.42. The average Bonchev–Trinajstić information content (AvgIpc) is 3.00. The van der Waals surface area contributed by atoms with E-state index >= 15 is 0 Å². The second-order valence-electron chi connectivity index (χ2n) is 6.02. The molecule has 0 N–H and O–H groups in total. The number of ether oxygens (including phenoxy) is 3. The third kappa shape index (κ3) is 3.47. The molecule has 2 aliphatic heterocycles. The zero-order valence-electron chi connectivity index (χ0n) is 14.1. The molecule has 7 heteroatoms. The van der Waals surface area contributed by atoms with E-state index in [-0.39, 0.29) is 11.5 Å². The van der Waals surface area contributed by atoms with Gasteiger partial charge in [0.2, 0.25) is 0 Å². The number of aromatic nitrogens is 1. The Hall–Kier alpha value is -1.86. The zero-order valence-corrected chi connectivity index (χ0v) is 14.1. The first-order chi connectivity index (χ1) is 11.7. The maximum atomic E-state index is 13.1. The van der Waals surface area contributed by atoms with Crippen LogP contribution < -0.4 is 10.3 Å². The van der Waals surface area contributed by atoms with Crippen LogP contribution in [0.25, 0.3) is 0 Å². The molecule has 132 valence electrons. The fourth-order valence-corrected chi connectivity index (χ4v) is 3.26.